The Morgan fingerprint density at radius 2 is 2.11 bits per heavy atom. The van der Waals surface area contributed by atoms with Gasteiger partial charge in [0.15, 0.2) is 0 Å². The van der Waals surface area contributed by atoms with Gasteiger partial charge < -0.3 is 15.0 Å². The first-order valence-electron chi connectivity index (χ1n) is 6.45. The number of methoxy groups -OCH3 is 1. The first-order chi connectivity index (χ1) is 9.10. The van der Waals surface area contributed by atoms with E-state index in [1.165, 1.54) is 0 Å². The lowest BCUT2D eigenvalue weighted by Gasteiger charge is -2.32. The number of nitrogens with zero attached hydrogens (tertiary/aromatic N) is 1. The molecule has 0 saturated carbocycles. The summed E-state index contributed by atoms with van der Waals surface area (Å²) < 4.78 is 5.20. The molecule has 1 aromatic rings. The fourth-order valence-corrected chi connectivity index (χ4v) is 2.52. The number of hydrogen-bond donors (Lipinski definition) is 1. The van der Waals surface area contributed by atoms with Crippen molar-refractivity contribution in [1.29, 1.82) is 0 Å². The summed E-state index contributed by atoms with van der Waals surface area (Å²) in [6.45, 7) is 3.26. The first kappa shape index (κ1) is 14.0. The smallest absolute Gasteiger partial charge is 0.219 e. The second kappa shape index (κ2) is 6.15. The highest BCUT2D eigenvalue weighted by Gasteiger charge is 2.20. The van der Waals surface area contributed by atoms with Crippen LogP contribution in [0.4, 0.5) is 5.69 Å². The van der Waals surface area contributed by atoms with Crippen LogP contribution in [0.1, 0.15) is 19.8 Å². The third kappa shape index (κ3) is 3.53. The number of carbonyl (C=O) groups excluding carboxylic acids is 1. The third-order valence-corrected chi connectivity index (χ3v) is 3.77. The van der Waals surface area contributed by atoms with Gasteiger partial charge in [0.1, 0.15) is 5.75 Å². The van der Waals surface area contributed by atoms with Gasteiger partial charge in [-0.1, -0.05) is 11.6 Å². The zero-order valence-corrected chi connectivity index (χ0v) is 12.0. The van der Waals surface area contributed by atoms with Gasteiger partial charge in [-0.2, -0.15) is 0 Å². The topological polar surface area (TPSA) is 41.6 Å². The monoisotopic (exact) mass is 282 g/mol. The lowest BCUT2D eigenvalue weighted by molar-refractivity contribution is -0.129. The summed E-state index contributed by atoms with van der Waals surface area (Å²) in [5.41, 5.74) is 1.00. The summed E-state index contributed by atoms with van der Waals surface area (Å²) >= 11 is 6.00. The number of hydrogen-bond acceptors (Lipinski definition) is 3. The minimum Gasteiger partial charge on any atom is -0.495 e. The SMILES string of the molecule is COc1cc(NC2CCN(C(C)=O)CC2)ccc1Cl. The number of likely N-dealkylation sites (tertiary alicyclic amines) is 1. The van der Waals surface area contributed by atoms with Crippen molar-refractivity contribution < 1.29 is 9.53 Å². The second-order valence-electron chi connectivity index (χ2n) is 4.77. The number of nitrogens with one attached hydrogen (secondary N) is 1. The summed E-state index contributed by atoms with van der Waals surface area (Å²) in [7, 11) is 1.61. The van der Waals surface area contributed by atoms with Crippen LogP contribution in [0.25, 0.3) is 0 Å². The molecule has 0 unspecified atom stereocenters. The second-order valence-corrected chi connectivity index (χ2v) is 5.18. The highest BCUT2D eigenvalue weighted by Crippen LogP contribution is 2.28. The number of carbonyl (C=O) groups is 1. The number of rotatable bonds is 3. The number of amides is 1. The molecule has 0 atom stereocenters. The molecule has 1 amide bonds. The zero-order valence-electron chi connectivity index (χ0n) is 11.3. The predicted octanol–water partition coefficient (Wildman–Crippen LogP) is 2.77. The summed E-state index contributed by atoms with van der Waals surface area (Å²) in [5.74, 6) is 0.833. The van der Waals surface area contributed by atoms with E-state index in [0.29, 0.717) is 16.8 Å². The molecular weight excluding hydrogens is 264 g/mol. The van der Waals surface area contributed by atoms with E-state index >= 15 is 0 Å². The average molecular weight is 283 g/mol. The number of halogens is 1. The summed E-state index contributed by atoms with van der Waals surface area (Å²) in [6, 6.07) is 6.07. The molecule has 19 heavy (non-hydrogen) atoms. The van der Waals surface area contributed by atoms with Crippen molar-refractivity contribution in [1.82, 2.24) is 4.90 Å². The molecule has 1 N–H and O–H groups in total. The van der Waals surface area contributed by atoms with Crippen molar-refractivity contribution in [3.63, 3.8) is 0 Å². The molecule has 0 aliphatic carbocycles. The van der Waals surface area contributed by atoms with Gasteiger partial charge in [0.25, 0.3) is 0 Å². The maximum absolute atomic E-state index is 11.3. The quantitative estimate of drug-likeness (QED) is 0.927. The van der Waals surface area contributed by atoms with Gasteiger partial charge in [-0.3, -0.25) is 4.79 Å². The molecule has 104 valence electrons. The Kier molecular flexibility index (Phi) is 4.53. The van der Waals surface area contributed by atoms with Gasteiger partial charge in [-0.15, -0.1) is 0 Å². The van der Waals surface area contributed by atoms with Crippen LogP contribution in [-0.4, -0.2) is 37.0 Å². The molecule has 1 saturated heterocycles. The average Bonchev–Trinajstić information content (AvgIpc) is 2.41. The Morgan fingerprint density at radius 3 is 2.68 bits per heavy atom. The number of anilines is 1. The Hall–Kier alpha value is -1.42. The Balaban J connectivity index is 1.94. The first-order valence-corrected chi connectivity index (χ1v) is 6.83. The van der Waals surface area contributed by atoms with E-state index in [4.69, 9.17) is 16.3 Å². The van der Waals surface area contributed by atoms with Gasteiger partial charge >= 0.3 is 0 Å². The molecule has 0 aromatic heterocycles. The maximum atomic E-state index is 11.3. The van der Waals surface area contributed by atoms with Crippen LogP contribution in [0.15, 0.2) is 18.2 Å². The minimum absolute atomic E-state index is 0.159. The van der Waals surface area contributed by atoms with Crippen molar-refractivity contribution in [2.75, 3.05) is 25.5 Å². The third-order valence-electron chi connectivity index (χ3n) is 3.46. The van der Waals surface area contributed by atoms with E-state index in [-0.39, 0.29) is 5.91 Å². The van der Waals surface area contributed by atoms with E-state index in [1.807, 2.05) is 23.1 Å². The summed E-state index contributed by atoms with van der Waals surface area (Å²) in [4.78, 5) is 13.1. The molecule has 2 rings (SSSR count). The molecule has 1 aliphatic heterocycles. The van der Waals surface area contributed by atoms with Crippen LogP contribution in [0.5, 0.6) is 5.75 Å². The van der Waals surface area contributed by atoms with Crippen LogP contribution in [0.3, 0.4) is 0 Å². The fraction of sp³-hybridized carbons (Fsp3) is 0.500. The largest absolute Gasteiger partial charge is 0.495 e. The molecule has 1 fully saturated rings. The normalized spacial score (nSPS) is 16.3. The lowest BCUT2D eigenvalue weighted by atomic mass is 10.0. The van der Waals surface area contributed by atoms with Gasteiger partial charge in [0.2, 0.25) is 5.91 Å². The van der Waals surface area contributed by atoms with E-state index < -0.39 is 0 Å². The standard InChI is InChI=1S/C14H19ClN2O2/c1-10(18)17-7-5-11(6-8-17)16-12-3-4-13(15)14(9-12)19-2/h3-4,9,11,16H,5-8H2,1-2H3. The van der Waals surface area contributed by atoms with E-state index in [1.54, 1.807) is 14.0 Å². The maximum Gasteiger partial charge on any atom is 0.219 e. The zero-order chi connectivity index (χ0) is 13.8. The van der Waals surface area contributed by atoms with Gasteiger partial charge in [0.05, 0.1) is 12.1 Å². The lowest BCUT2D eigenvalue weighted by Crippen LogP contribution is -2.41. The van der Waals surface area contributed by atoms with E-state index in [2.05, 4.69) is 5.32 Å². The van der Waals surface area contributed by atoms with Gasteiger partial charge in [-0.05, 0) is 25.0 Å². The van der Waals surface area contributed by atoms with Crippen molar-refractivity contribution >= 4 is 23.2 Å². The molecule has 0 bridgehead atoms. The van der Waals surface area contributed by atoms with Crippen LogP contribution in [0.2, 0.25) is 5.02 Å². The molecule has 0 radical (unpaired) electrons. The van der Waals surface area contributed by atoms with Gasteiger partial charge in [0, 0.05) is 37.8 Å². The highest BCUT2D eigenvalue weighted by molar-refractivity contribution is 6.32. The van der Waals surface area contributed by atoms with Crippen LogP contribution >= 0.6 is 11.6 Å². The highest BCUT2D eigenvalue weighted by atomic mass is 35.5. The molecular formula is C14H19ClN2O2. The Labute approximate surface area is 118 Å². The number of piperidine rings is 1. The van der Waals surface area contributed by atoms with E-state index in [9.17, 15) is 4.79 Å². The number of ether oxygens (including phenoxy) is 1. The van der Waals surface area contributed by atoms with Gasteiger partial charge in [-0.25, -0.2) is 0 Å². The Bertz CT molecular complexity index is 457. The van der Waals surface area contributed by atoms with Crippen LogP contribution in [-0.2, 0) is 4.79 Å². The van der Waals surface area contributed by atoms with Crippen LogP contribution < -0.4 is 10.1 Å². The molecule has 1 heterocycles. The molecule has 0 spiro atoms. The summed E-state index contributed by atoms with van der Waals surface area (Å²) in [5, 5.41) is 4.08. The van der Waals surface area contributed by atoms with Crippen molar-refractivity contribution in [2.45, 2.75) is 25.8 Å². The molecule has 1 aliphatic rings. The molecule has 4 nitrogen and oxygen atoms in total. The number of benzene rings is 1. The molecule has 5 heteroatoms. The Morgan fingerprint density at radius 1 is 1.42 bits per heavy atom. The minimum atomic E-state index is 0.159. The van der Waals surface area contributed by atoms with Crippen molar-refractivity contribution in [2.24, 2.45) is 0 Å². The van der Waals surface area contributed by atoms with Crippen molar-refractivity contribution in [3.05, 3.63) is 23.2 Å². The van der Waals surface area contributed by atoms with E-state index in [0.717, 1.165) is 31.6 Å². The summed E-state index contributed by atoms with van der Waals surface area (Å²) in [6.07, 6.45) is 1.93. The molecule has 1 aromatic carbocycles. The van der Waals surface area contributed by atoms with Crippen LogP contribution in [0, 0.1) is 0 Å². The van der Waals surface area contributed by atoms with Crippen molar-refractivity contribution in [3.8, 4) is 5.75 Å². The fourth-order valence-electron chi connectivity index (χ4n) is 2.32. The predicted molar refractivity (Wildman–Crippen MR) is 76.9 cm³/mol.